The summed E-state index contributed by atoms with van der Waals surface area (Å²) in [7, 11) is 0. The Morgan fingerprint density at radius 2 is 2.16 bits per heavy atom. The van der Waals surface area contributed by atoms with Gasteiger partial charge in [-0.2, -0.15) is 5.10 Å². The van der Waals surface area contributed by atoms with E-state index >= 15 is 0 Å². The molecule has 2 rings (SSSR count). The molecule has 1 aliphatic heterocycles. The van der Waals surface area contributed by atoms with E-state index in [-0.39, 0.29) is 24.3 Å². The van der Waals surface area contributed by atoms with Gasteiger partial charge in [0.1, 0.15) is 11.5 Å². The number of nitrogens with one attached hydrogen (secondary N) is 2. The van der Waals surface area contributed by atoms with Crippen molar-refractivity contribution in [1.82, 2.24) is 15.9 Å². The molecule has 19 heavy (non-hydrogen) atoms. The SMILES string of the molecule is Cc1noc(C)c1C(C)NC(=O)C1=NNC(=O)CC1. The third-order valence-corrected chi connectivity index (χ3v) is 3.04. The normalized spacial score (nSPS) is 16.6. The molecule has 0 aromatic carbocycles. The van der Waals surface area contributed by atoms with Gasteiger partial charge in [-0.05, 0) is 20.8 Å². The number of amides is 2. The summed E-state index contributed by atoms with van der Waals surface area (Å²) in [5.74, 6) is 0.229. The Labute approximate surface area is 110 Å². The summed E-state index contributed by atoms with van der Waals surface area (Å²) in [4.78, 5) is 22.9. The molecular formula is C12H16N4O3. The zero-order chi connectivity index (χ0) is 14.0. The van der Waals surface area contributed by atoms with E-state index in [4.69, 9.17) is 4.52 Å². The zero-order valence-electron chi connectivity index (χ0n) is 11.1. The number of carbonyl (C=O) groups is 2. The molecule has 0 aliphatic carbocycles. The van der Waals surface area contributed by atoms with Gasteiger partial charge in [0.15, 0.2) is 0 Å². The van der Waals surface area contributed by atoms with E-state index in [0.717, 1.165) is 11.3 Å². The fraction of sp³-hybridized carbons (Fsp3) is 0.500. The van der Waals surface area contributed by atoms with Crippen molar-refractivity contribution >= 4 is 17.5 Å². The number of aromatic nitrogens is 1. The molecule has 7 heteroatoms. The molecule has 0 spiro atoms. The summed E-state index contributed by atoms with van der Waals surface area (Å²) in [6.07, 6.45) is 0.637. The van der Waals surface area contributed by atoms with Crippen molar-refractivity contribution in [2.75, 3.05) is 0 Å². The first-order valence-corrected chi connectivity index (χ1v) is 6.08. The van der Waals surface area contributed by atoms with Crippen molar-refractivity contribution in [3.05, 3.63) is 17.0 Å². The lowest BCUT2D eigenvalue weighted by atomic mass is 10.1. The molecule has 1 aromatic rings. The van der Waals surface area contributed by atoms with E-state index in [1.807, 2.05) is 13.8 Å². The van der Waals surface area contributed by atoms with E-state index in [1.54, 1.807) is 6.92 Å². The first kappa shape index (κ1) is 13.3. The average Bonchev–Trinajstić information content (AvgIpc) is 2.69. The Morgan fingerprint density at radius 3 is 2.68 bits per heavy atom. The summed E-state index contributed by atoms with van der Waals surface area (Å²) in [6.45, 7) is 5.48. The second kappa shape index (κ2) is 5.21. The van der Waals surface area contributed by atoms with Gasteiger partial charge in [0, 0.05) is 18.4 Å². The Kier molecular flexibility index (Phi) is 3.64. The van der Waals surface area contributed by atoms with Crippen molar-refractivity contribution in [3.8, 4) is 0 Å². The first-order valence-electron chi connectivity index (χ1n) is 6.08. The smallest absolute Gasteiger partial charge is 0.267 e. The van der Waals surface area contributed by atoms with Gasteiger partial charge in [0.2, 0.25) is 5.91 Å². The minimum Gasteiger partial charge on any atom is -0.361 e. The van der Waals surface area contributed by atoms with Gasteiger partial charge in [-0.15, -0.1) is 0 Å². The number of hydrogen-bond acceptors (Lipinski definition) is 5. The van der Waals surface area contributed by atoms with E-state index in [9.17, 15) is 9.59 Å². The van der Waals surface area contributed by atoms with Gasteiger partial charge in [-0.1, -0.05) is 5.16 Å². The molecular weight excluding hydrogens is 248 g/mol. The third kappa shape index (κ3) is 2.81. The number of hydrogen-bond donors (Lipinski definition) is 2. The Hall–Kier alpha value is -2.18. The lowest BCUT2D eigenvalue weighted by Gasteiger charge is -2.16. The van der Waals surface area contributed by atoms with Crippen molar-refractivity contribution < 1.29 is 14.1 Å². The lowest BCUT2D eigenvalue weighted by Crippen LogP contribution is -2.38. The van der Waals surface area contributed by atoms with E-state index in [2.05, 4.69) is 21.0 Å². The van der Waals surface area contributed by atoms with Crippen molar-refractivity contribution in [1.29, 1.82) is 0 Å². The number of aryl methyl sites for hydroxylation is 2. The van der Waals surface area contributed by atoms with Crippen LogP contribution in [0.15, 0.2) is 9.62 Å². The van der Waals surface area contributed by atoms with Crippen LogP contribution in [0.3, 0.4) is 0 Å². The van der Waals surface area contributed by atoms with Crippen LogP contribution in [0.5, 0.6) is 0 Å². The number of hydrazone groups is 1. The molecule has 0 bridgehead atoms. The number of nitrogens with zero attached hydrogens (tertiary/aromatic N) is 2. The molecule has 0 saturated carbocycles. The topological polar surface area (TPSA) is 96.6 Å². The van der Waals surface area contributed by atoms with Gasteiger partial charge >= 0.3 is 0 Å². The number of carbonyl (C=O) groups excluding carboxylic acids is 2. The minimum atomic E-state index is -0.285. The Bertz CT molecular complexity index is 528. The van der Waals surface area contributed by atoms with E-state index in [1.165, 1.54) is 0 Å². The van der Waals surface area contributed by atoms with Crippen LogP contribution in [0.25, 0.3) is 0 Å². The summed E-state index contributed by atoms with van der Waals surface area (Å²) in [6, 6.07) is -0.223. The fourth-order valence-corrected chi connectivity index (χ4v) is 2.10. The quantitative estimate of drug-likeness (QED) is 0.841. The van der Waals surface area contributed by atoms with Gasteiger partial charge in [0.25, 0.3) is 5.91 Å². The van der Waals surface area contributed by atoms with Crippen molar-refractivity contribution in [2.45, 2.75) is 39.7 Å². The van der Waals surface area contributed by atoms with Gasteiger partial charge in [0.05, 0.1) is 11.7 Å². The standard InChI is InChI=1S/C12H16N4O3/c1-6(11-7(2)16-19-8(11)3)13-12(18)9-4-5-10(17)15-14-9/h6H,4-5H2,1-3H3,(H,13,18)(H,15,17). The Morgan fingerprint density at radius 1 is 1.42 bits per heavy atom. The molecule has 102 valence electrons. The van der Waals surface area contributed by atoms with Crippen LogP contribution in [-0.4, -0.2) is 22.7 Å². The Balaban J connectivity index is 2.05. The molecule has 7 nitrogen and oxygen atoms in total. The van der Waals surface area contributed by atoms with E-state index < -0.39 is 0 Å². The maximum absolute atomic E-state index is 12.0. The van der Waals surface area contributed by atoms with Crippen LogP contribution in [0.1, 0.15) is 42.8 Å². The summed E-state index contributed by atoms with van der Waals surface area (Å²) < 4.78 is 5.07. The number of rotatable bonds is 3. The second-order valence-corrected chi connectivity index (χ2v) is 4.53. The lowest BCUT2D eigenvalue weighted by molar-refractivity contribution is -0.121. The van der Waals surface area contributed by atoms with Gasteiger partial charge in [-0.3, -0.25) is 9.59 Å². The predicted octanol–water partition coefficient (Wildman–Crippen LogP) is 0.735. The molecule has 1 unspecified atom stereocenters. The molecule has 2 amide bonds. The second-order valence-electron chi connectivity index (χ2n) is 4.53. The van der Waals surface area contributed by atoms with Crippen LogP contribution < -0.4 is 10.7 Å². The summed E-state index contributed by atoms with van der Waals surface area (Å²) in [5.41, 5.74) is 4.26. The van der Waals surface area contributed by atoms with Gasteiger partial charge < -0.3 is 9.84 Å². The van der Waals surface area contributed by atoms with E-state index in [0.29, 0.717) is 17.9 Å². The molecule has 0 fully saturated rings. The zero-order valence-corrected chi connectivity index (χ0v) is 11.1. The minimum absolute atomic E-state index is 0.171. The fourth-order valence-electron chi connectivity index (χ4n) is 2.10. The molecule has 1 aliphatic rings. The van der Waals surface area contributed by atoms with Gasteiger partial charge in [-0.25, -0.2) is 5.43 Å². The highest BCUT2D eigenvalue weighted by Gasteiger charge is 2.22. The van der Waals surface area contributed by atoms with Crippen LogP contribution in [-0.2, 0) is 9.59 Å². The summed E-state index contributed by atoms with van der Waals surface area (Å²) in [5, 5.41) is 10.4. The first-order chi connectivity index (χ1) is 8.99. The summed E-state index contributed by atoms with van der Waals surface area (Å²) >= 11 is 0. The third-order valence-electron chi connectivity index (χ3n) is 3.04. The monoisotopic (exact) mass is 264 g/mol. The molecule has 1 aromatic heterocycles. The molecule has 2 N–H and O–H groups in total. The maximum Gasteiger partial charge on any atom is 0.267 e. The maximum atomic E-state index is 12.0. The molecule has 2 heterocycles. The van der Waals surface area contributed by atoms with Crippen molar-refractivity contribution in [2.24, 2.45) is 5.10 Å². The highest BCUT2D eigenvalue weighted by Crippen LogP contribution is 2.20. The highest BCUT2D eigenvalue weighted by molar-refractivity contribution is 6.39. The van der Waals surface area contributed by atoms with Crippen LogP contribution >= 0.6 is 0 Å². The molecule has 1 atom stereocenters. The van der Waals surface area contributed by atoms with Crippen LogP contribution in [0, 0.1) is 13.8 Å². The van der Waals surface area contributed by atoms with Crippen LogP contribution in [0.2, 0.25) is 0 Å². The molecule has 0 saturated heterocycles. The van der Waals surface area contributed by atoms with Crippen LogP contribution in [0.4, 0.5) is 0 Å². The molecule has 0 radical (unpaired) electrons. The largest absolute Gasteiger partial charge is 0.361 e. The predicted molar refractivity (Wildman–Crippen MR) is 67.3 cm³/mol. The highest BCUT2D eigenvalue weighted by atomic mass is 16.5. The van der Waals surface area contributed by atoms with Crippen molar-refractivity contribution in [3.63, 3.8) is 0 Å². The average molecular weight is 264 g/mol.